The van der Waals surface area contributed by atoms with Gasteiger partial charge in [-0.05, 0) is 37.0 Å². The van der Waals surface area contributed by atoms with Crippen LogP contribution >= 0.6 is 0 Å². The quantitative estimate of drug-likeness (QED) is 0.779. The van der Waals surface area contributed by atoms with Crippen molar-refractivity contribution in [3.63, 3.8) is 0 Å². The maximum atomic E-state index is 9.36. The molecular weight excluding hydrogens is 188 g/mol. The number of aliphatic hydroxyl groups excluding tert-OH is 1. The van der Waals surface area contributed by atoms with Crippen molar-refractivity contribution in [1.29, 1.82) is 0 Å². The Kier molecular flexibility index (Phi) is 4.19. The Morgan fingerprint density at radius 1 is 1.33 bits per heavy atom. The standard InChI is InChI=1S/C13H26O2/c1-5-12(2,3)11-6-8-13(10-14,15-4)9-7-11/h11,14H,5-10H2,1-4H3. The predicted octanol–water partition coefficient (Wildman–Crippen LogP) is 2.99. The van der Waals surface area contributed by atoms with E-state index in [-0.39, 0.29) is 12.2 Å². The van der Waals surface area contributed by atoms with Crippen molar-refractivity contribution in [2.24, 2.45) is 11.3 Å². The van der Waals surface area contributed by atoms with Crippen LogP contribution in [0.3, 0.4) is 0 Å². The van der Waals surface area contributed by atoms with Gasteiger partial charge in [0.1, 0.15) is 0 Å². The molecule has 0 unspecified atom stereocenters. The van der Waals surface area contributed by atoms with Crippen molar-refractivity contribution >= 4 is 0 Å². The third-order valence-corrected chi connectivity index (χ3v) is 4.63. The minimum Gasteiger partial charge on any atom is -0.393 e. The first kappa shape index (κ1) is 13.0. The van der Waals surface area contributed by atoms with Crippen molar-refractivity contribution in [2.45, 2.75) is 58.5 Å². The van der Waals surface area contributed by atoms with E-state index in [2.05, 4.69) is 20.8 Å². The molecule has 0 aromatic heterocycles. The van der Waals surface area contributed by atoms with Crippen molar-refractivity contribution < 1.29 is 9.84 Å². The van der Waals surface area contributed by atoms with Gasteiger partial charge in [-0.15, -0.1) is 0 Å². The van der Waals surface area contributed by atoms with Crippen LogP contribution < -0.4 is 0 Å². The van der Waals surface area contributed by atoms with Gasteiger partial charge in [0.25, 0.3) is 0 Å². The van der Waals surface area contributed by atoms with Crippen LogP contribution in [-0.4, -0.2) is 24.4 Å². The molecule has 0 aromatic rings. The molecule has 0 spiro atoms. The van der Waals surface area contributed by atoms with Gasteiger partial charge in [-0.3, -0.25) is 0 Å². The van der Waals surface area contributed by atoms with Crippen LogP contribution in [0.4, 0.5) is 0 Å². The van der Waals surface area contributed by atoms with Crippen LogP contribution in [0.2, 0.25) is 0 Å². The highest BCUT2D eigenvalue weighted by molar-refractivity contribution is 4.90. The second-order valence-corrected chi connectivity index (χ2v) is 5.66. The maximum absolute atomic E-state index is 9.36. The minimum absolute atomic E-state index is 0.169. The molecular formula is C13H26O2. The SMILES string of the molecule is CCC(C)(C)C1CCC(CO)(OC)CC1. The molecule has 0 saturated heterocycles. The lowest BCUT2D eigenvalue weighted by atomic mass is 9.66. The summed E-state index contributed by atoms with van der Waals surface area (Å²) in [5, 5.41) is 9.36. The van der Waals surface area contributed by atoms with E-state index >= 15 is 0 Å². The summed E-state index contributed by atoms with van der Waals surface area (Å²) in [7, 11) is 1.72. The summed E-state index contributed by atoms with van der Waals surface area (Å²) in [5.41, 5.74) is 0.204. The zero-order valence-electron chi connectivity index (χ0n) is 10.7. The minimum atomic E-state index is -0.236. The Hall–Kier alpha value is -0.0800. The molecule has 2 nitrogen and oxygen atoms in total. The summed E-state index contributed by atoms with van der Waals surface area (Å²) in [6, 6.07) is 0. The van der Waals surface area contributed by atoms with Gasteiger partial charge in [0.2, 0.25) is 0 Å². The van der Waals surface area contributed by atoms with Crippen LogP contribution in [0.25, 0.3) is 0 Å². The van der Waals surface area contributed by atoms with Gasteiger partial charge in [-0.25, -0.2) is 0 Å². The first-order valence-corrected chi connectivity index (χ1v) is 6.16. The van der Waals surface area contributed by atoms with Crippen molar-refractivity contribution in [1.82, 2.24) is 0 Å². The van der Waals surface area contributed by atoms with Crippen molar-refractivity contribution in [3.8, 4) is 0 Å². The second-order valence-electron chi connectivity index (χ2n) is 5.66. The van der Waals surface area contributed by atoms with Crippen LogP contribution in [-0.2, 0) is 4.74 Å². The number of hydrogen-bond acceptors (Lipinski definition) is 2. The Labute approximate surface area is 94.0 Å². The van der Waals surface area contributed by atoms with Crippen LogP contribution in [0.5, 0.6) is 0 Å². The van der Waals surface area contributed by atoms with Crippen molar-refractivity contribution in [3.05, 3.63) is 0 Å². The number of ether oxygens (including phenoxy) is 1. The topological polar surface area (TPSA) is 29.5 Å². The normalized spacial score (nSPS) is 33.0. The van der Waals surface area contributed by atoms with Crippen LogP contribution in [0.15, 0.2) is 0 Å². The van der Waals surface area contributed by atoms with Gasteiger partial charge in [0, 0.05) is 7.11 Å². The molecule has 0 aliphatic heterocycles. The molecule has 1 fully saturated rings. The van der Waals surface area contributed by atoms with Gasteiger partial charge < -0.3 is 9.84 Å². The summed E-state index contributed by atoms with van der Waals surface area (Å²) in [4.78, 5) is 0. The Bertz CT molecular complexity index is 185. The Morgan fingerprint density at radius 2 is 1.87 bits per heavy atom. The molecule has 1 N–H and O–H groups in total. The lowest BCUT2D eigenvalue weighted by Crippen LogP contribution is -2.42. The lowest BCUT2D eigenvalue weighted by Gasteiger charge is -2.43. The van der Waals surface area contributed by atoms with Crippen LogP contribution in [0.1, 0.15) is 52.9 Å². The van der Waals surface area contributed by atoms with Crippen LogP contribution in [0, 0.1) is 11.3 Å². The molecule has 0 heterocycles. The summed E-state index contributed by atoms with van der Waals surface area (Å²) < 4.78 is 5.47. The molecule has 90 valence electrons. The fourth-order valence-electron chi connectivity index (χ4n) is 2.64. The van der Waals surface area contributed by atoms with E-state index in [1.807, 2.05) is 0 Å². The van der Waals surface area contributed by atoms with E-state index < -0.39 is 0 Å². The molecule has 0 aromatic carbocycles. The highest BCUT2D eigenvalue weighted by Gasteiger charge is 2.39. The number of aliphatic hydroxyl groups is 1. The third kappa shape index (κ3) is 2.73. The molecule has 0 atom stereocenters. The van der Waals surface area contributed by atoms with Crippen molar-refractivity contribution in [2.75, 3.05) is 13.7 Å². The molecule has 0 bridgehead atoms. The fourth-order valence-corrected chi connectivity index (χ4v) is 2.64. The molecule has 0 amide bonds. The zero-order chi connectivity index (χ0) is 11.5. The second kappa shape index (κ2) is 4.84. The summed E-state index contributed by atoms with van der Waals surface area (Å²) in [6.45, 7) is 7.15. The number of rotatable bonds is 4. The Balaban J connectivity index is 2.55. The highest BCUT2D eigenvalue weighted by Crippen LogP contribution is 2.44. The number of methoxy groups -OCH3 is 1. The monoisotopic (exact) mass is 214 g/mol. The molecule has 2 heteroatoms. The molecule has 1 aliphatic carbocycles. The van der Waals surface area contributed by atoms with E-state index in [9.17, 15) is 5.11 Å². The summed E-state index contributed by atoms with van der Waals surface area (Å²) in [5.74, 6) is 0.789. The highest BCUT2D eigenvalue weighted by atomic mass is 16.5. The van der Waals surface area contributed by atoms with Gasteiger partial charge >= 0.3 is 0 Å². The molecule has 1 rings (SSSR count). The average Bonchev–Trinajstić information content (AvgIpc) is 2.29. The van der Waals surface area contributed by atoms with E-state index in [1.165, 1.54) is 19.3 Å². The number of hydrogen-bond donors (Lipinski definition) is 1. The summed E-state index contributed by atoms with van der Waals surface area (Å²) >= 11 is 0. The lowest BCUT2D eigenvalue weighted by molar-refractivity contribution is -0.0924. The fraction of sp³-hybridized carbons (Fsp3) is 1.00. The van der Waals surface area contributed by atoms with E-state index in [4.69, 9.17) is 4.74 Å². The molecule has 0 radical (unpaired) electrons. The largest absolute Gasteiger partial charge is 0.393 e. The molecule has 15 heavy (non-hydrogen) atoms. The van der Waals surface area contributed by atoms with E-state index in [0.717, 1.165) is 18.8 Å². The van der Waals surface area contributed by atoms with Gasteiger partial charge in [-0.2, -0.15) is 0 Å². The van der Waals surface area contributed by atoms with Gasteiger partial charge in [-0.1, -0.05) is 27.2 Å². The maximum Gasteiger partial charge on any atom is 0.0908 e. The first-order valence-electron chi connectivity index (χ1n) is 6.16. The Morgan fingerprint density at radius 3 is 2.20 bits per heavy atom. The van der Waals surface area contributed by atoms with E-state index in [1.54, 1.807) is 7.11 Å². The van der Waals surface area contributed by atoms with Gasteiger partial charge in [0.15, 0.2) is 0 Å². The molecule has 1 saturated carbocycles. The molecule has 1 aliphatic rings. The van der Waals surface area contributed by atoms with Gasteiger partial charge in [0.05, 0.1) is 12.2 Å². The first-order chi connectivity index (χ1) is 6.99. The summed E-state index contributed by atoms with van der Waals surface area (Å²) in [6.07, 6.45) is 5.63. The van der Waals surface area contributed by atoms with E-state index in [0.29, 0.717) is 5.41 Å². The smallest absolute Gasteiger partial charge is 0.0908 e. The third-order valence-electron chi connectivity index (χ3n) is 4.63. The predicted molar refractivity (Wildman–Crippen MR) is 62.9 cm³/mol. The zero-order valence-corrected chi connectivity index (χ0v) is 10.7. The average molecular weight is 214 g/mol.